The molecule has 1 aromatic rings. The van der Waals surface area contributed by atoms with Crippen molar-refractivity contribution in [2.24, 2.45) is 0 Å². The lowest BCUT2D eigenvalue weighted by atomic mass is 10.3. The molecule has 0 amide bonds. The molecule has 0 saturated heterocycles. The highest BCUT2D eigenvalue weighted by Crippen LogP contribution is 2.22. The van der Waals surface area contributed by atoms with E-state index in [1.54, 1.807) is 18.2 Å². The van der Waals surface area contributed by atoms with Gasteiger partial charge in [-0.2, -0.15) is 0 Å². The normalized spacial score (nSPS) is 11.3. The molecule has 0 radical (unpaired) electrons. The van der Waals surface area contributed by atoms with Crippen LogP contribution in [0.15, 0.2) is 29.2 Å². The van der Waals surface area contributed by atoms with Crippen LogP contribution in [0.25, 0.3) is 0 Å². The summed E-state index contributed by atoms with van der Waals surface area (Å²) in [5.41, 5.74) is 0.702. The number of hydrogen-bond acceptors (Lipinski definition) is 3. The maximum absolute atomic E-state index is 11.9. The summed E-state index contributed by atoms with van der Waals surface area (Å²) in [6.07, 6.45) is 0.642. The number of sulfone groups is 1. The van der Waals surface area contributed by atoms with Crippen molar-refractivity contribution in [3.05, 3.63) is 24.3 Å². The van der Waals surface area contributed by atoms with Gasteiger partial charge in [-0.1, -0.05) is 19.1 Å². The van der Waals surface area contributed by atoms with Crippen LogP contribution < -0.4 is 5.32 Å². The Labute approximate surface area is 91.4 Å². The van der Waals surface area contributed by atoms with Gasteiger partial charge in [0, 0.05) is 6.54 Å². The molecular formula is C11H17NO2S. The molecule has 0 saturated carbocycles. The van der Waals surface area contributed by atoms with Gasteiger partial charge in [-0.05, 0) is 25.5 Å². The minimum absolute atomic E-state index is 0.204. The molecule has 0 aliphatic rings. The second-order valence-electron chi connectivity index (χ2n) is 3.35. The molecular weight excluding hydrogens is 210 g/mol. The highest BCUT2D eigenvalue weighted by Gasteiger charge is 2.16. The molecule has 0 aliphatic carbocycles. The fourth-order valence-electron chi connectivity index (χ4n) is 1.45. The van der Waals surface area contributed by atoms with Crippen LogP contribution >= 0.6 is 0 Å². The predicted octanol–water partition coefficient (Wildman–Crippen LogP) is 2.30. The third-order valence-electron chi connectivity index (χ3n) is 2.06. The standard InChI is InChI=1S/C11H17NO2S/c1-3-9-15(13,14)11-8-6-5-7-10(11)12-4-2/h5-8,12H,3-4,9H2,1-2H3. The maximum atomic E-state index is 11.9. The maximum Gasteiger partial charge on any atom is 0.180 e. The van der Waals surface area contributed by atoms with E-state index in [4.69, 9.17) is 0 Å². The van der Waals surface area contributed by atoms with Crippen molar-refractivity contribution >= 4 is 15.5 Å². The summed E-state index contributed by atoms with van der Waals surface area (Å²) in [7, 11) is -3.13. The van der Waals surface area contributed by atoms with Crippen LogP contribution in [0.1, 0.15) is 20.3 Å². The van der Waals surface area contributed by atoms with Crippen LogP contribution in [-0.4, -0.2) is 20.7 Å². The van der Waals surface area contributed by atoms with Gasteiger partial charge in [-0.3, -0.25) is 0 Å². The number of benzene rings is 1. The zero-order valence-electron chi connectivity index (χ0n) is 9.16. The molecule has 0 aliphatic heterocycles. The summed E-state index contributed by atoms with van der Waals surface area (Å²) >= 11 is 0. The fourth-order valence-corrected chi connectivity index (χ4v) is 2.97. The number of para-hydroxylation sites is 1. The van der Waals surface area contributed by atoms with Gasteiger partial charge in [0.2, 0.25) is 0 Å². The van der Waals surface area contributed by atoms with Crippen LogP contribution in [0.3, 0.4) is 0 Å². The van der Waals surface area contributed by atoms with Crippen molar-refractivity contribution in [3.8, 4) is 0 Å². The Morgan fingerprint density at radius 1 is 1.20 bits per heavy atom. The number of anilines is 1. The smallest absolute Gasteiger partial charge is 0.180 e. The predicted molar refractivity (Wildman–Crippen MR) is 62.9 cm³/mol. The van der Waals surface area contributed by atoms with Gasteiger partial charge >= 0.3 is 0 Å². The lowest BCUT2D eigenvalue weighted by Gasteiger charge is -2.10. The SMILES string of the molecule is CCCS(=O)(=O)c1ccccc1NCC. The average Bonchev–Trinajstić information content (AvgIpc) is 2.19. The molecule has 3 nitrogen and oxygen atoms in total. The Bertz CT molecular complexity index is 412. The van der Waals surface area contributed by atoms with Crippen LogP contribution in [0.4, 0.5) is 5.69 Å². The topological polar surface area (TPSA) is 46.2 Å². The lowest BCUT2D eigenvalue weighted by Crippen LogP contribution is -2.10. The fraction of sp³-hybridized carbons (Fsp3) is 0.455. The Morgan fingerprint density at radius 3 is 2.47 bits per heavy atom. The summed E-state index contributed by atoms with van der Waals surface area (Å²) in [6, 6.07) is 7.04. The van der Waals surface area contributed by atoms with Gasteiger partial charge in [-0.15, -0.1) is 0 Å². The van der Waals surface area contributed by atoms with Crippen molar-refractivity contribution in [2.45, 2.75) is 25.2 Å². The molecule has 0 heterocycles. The van der Waals surface area contributed by atoms with Crippen LogP contribution in [0.2, 0.25) is 0 Å². The summed E-state index contributed by atoms with van der Waals surface area (Å²) in [6.45, 7) is 4.54. The van der Waals surface area contributed by atoms with Gasteiger partial charge in [0.25, 0.3) is 0 Å². The largest absolute Gasteiger partial charge is 0.384 e. The van der Waals surface area contributed by atoms with E-state index in [1.807, 2.05) is 19.9 Å². The van der Waals surface area contributed by atoms with Crippen molar-refractivity contribution in [3.63, 3.8) is 0 Å². The molecule has 0 spiro atoms. The third kappa shape index (κ3) is 2.96. The minimum Gasteiger partial charge on any atom is -0.384 e. The Morgan fingerprint density at radius 2 is 1.87 bits per heavy atom. The summed E-state index contributed by atoms with van der Waals surface area (Å²) in [4.78, 5) is 0.411. The van der Waals surface area contributed by atoms with Gasteiger partial charge < -0.3 is 5.32 Å². The Balaban J connectivity index is 3.12. The first-order valence-electron chi connectivity index (χ1n) is 5.17. The number of nitrogens with one attached hydrogen (secondary N) is 1. The molecule has 0 fully saturated rings. The molecule has 0 aromatic heterocycles. The highest BCUT2D eigenvalue weighted by atomic mass is 32.2. The quantitative estimate of drug-likeness (QED) is 0.839. The van der Waals surface area contributed by atoms with Crippen molar-refractivity contribution in [2.75, 3.05) is 17.6 Å². The third-order valence-corrected chi connectivity index (χ3v) is 4.03. The molecule has 15 heavy (non-hydrogen) atoms. The van der Waals surface area contributed by atoms with E-state index >= 15 is 0 Å². The highest BCUT2D eigenvalue weighted by molar-refractivity contribution is 7.91. The van der Waals surface area contributed by atoms with E-state index < -0.39 is 9.84 Å². The molecule has 4 heteroatoms. The minimum atomic E-state index is -3.13. The van der Waals surface area contributed by atoms with Crippen LogP contribution in [-0.2, 0) is 9.84 Å². The number of rotatable bonds is 5. The molecule has 1 rings (SSSR count). The second kappa shape index (κ2) is 5.16. The van der Waals surface area contributed by atoms with E-state index in [2.05, 4.69) is 5.32 Å². The molecule has 1 aromatic carbocycles. The molecule has 0 atom stereocenters. The first-order chi connectivity index (χ1) is 7.11. The lowest BCUT2D eigenvalue weighted by molar-refractivity contribution is 0.595. The first kappa shape index (κ1) is 12.0. The number of hydrogen-bond donors (Lipinski definition) is 1. The van der Waals surface area contributed by atoms with Crippen LogP contribution in [0, 0.1) is 0 Å². The van der Waals surface area contributed by atoms with Crippen molar-refractivity contribution < 1.29 is 8.42 Å². The Kier molecular flexibility index (Phi) is 4.15. The van der Waals surface area contributed by atoms with Crippen LogP contribution in [0.5, 0.6) is 0 Å². The molecule has 0 unspecified atom stereocenters. The van der Waals surface area contributed by atoms with E-state index in [9.17, 15) is 8.42 Å². The van der Waals surface area contributed by atoms with Gasteiger partial charge in [-0.25, -0.2) is 8.42 Å². The first-order valence-corrected chi connectivity index (χ1v) is 6.82. The van der Waals surface area contributed by atoms with Crippen molar-refractivity contribution in [1.29, 1.82) is 0 Å². The van der Waals surface area contributed by atoms with Gasteiger partial charge in [0.05, 0.1) is 16.3 Å². The van der Waals surface area contributed by atoms with Gasteiger partial charge in [0.15, 0.2) is 9.84 Å². The summed E-state index contributed by atoms with van der Waals surface area (Å²) < 4.78 is 23.8. The van der Waals surface area contributed by atoms with Gasteiger partial charge in [0.1, 0.15) is 0 Å². The zero-order chi connectivity index (χ0) is 11.3. The van der Waals surface area contributed by atoms with E-state index in [0.29, 0.717) is 17.0 Å². The molecule has 84 valence electrons. The van der Waals surface area contributed by atoms with E-state index in [0.717, 1.165) is 6.54 Å². The average molecular weight is 227 g/mol. The summed E-state index contributed by atoms with van der Waals surface area (Å²) in [5.74, 6) is 0.204. The van der Waals surface area contributed by atoms with Crippen molar-refractivity contribution in [1.82, 2.24) is 0 Å². The van der Waals surface area contributed by atoms with E-state index in [-0.39, 0.29) is 5.75 Å². The molecule has 0 bridgehead atoms. The second-order valence-corrected chi connectivity index (χ2v) is 5.42. The zero-order valence-corrected chi connectivity index (χ0v) is 9.97. The summed E-state index contributed by atoms with van der Waals surface area (Å²) in [5, 5.41) is 3.06. The monoisotopic (exact) mass is 227 g/mol. The Hall–Kier alpha value is -1.03. The molecule has 1 N–H and O–H groups in total. The van der Waals surface area contributed by atoms with E-state index in [1.165, 1.54) is 0 Å².